The molecule has 0 saturated carbocycles. The molecule has 0 atom stereocenters. The molecule has 0 spiro atoms. The van der Waals surface area contributed by atoms with Crippen molar-refractivity contribution in [2.45, 2.75) is 0 Å². The second-order valence-electron chi connectivity index (χ2n) is 3.80. The summed E-state index contributed by atoms with van der Waals surface area (Å²) >= 11 is 0. The molecule has 2 heteroatoms. The number of methoxy groups -OCH3 is 1. The third-order valence-electron chi connectivity index (χ3n) is 2.71. The van der Waals surface area contributed by atoms with Crippen molar-refractivity contribution >= 4 is 11.3 Å². The first kappa shape index (κ1) is 11.3. The molecule has 0 aliphatic rings. The van der Waals surface area contributed by atoms with E-state index in [1.54, 1.807) is 7.11 Å². The molecule has 86 valence electrons. The van der Waals surface area contributed by atoms with Crippen LogP contribution in [0.1, 0.15) is 11.1 Å². The molecule has 0 aliphatic heterocycles. The Balaban J connectivity index is 2.38. The zero-order chi connectivity index (χ0) is 12.3. The fraction of sp³-hybridized carbons (Fsp3) is 0.0667. The van der Waals surface area contributed by atoms with Crippen LogP contribution in [-0.4, -0.2) is 7.11 Å². The van der Waals surface area contributed by atoms with Crippen LogP contribution < -0.4 is 10.5 Å². The topological polar surface area (TPSA) is 35.2 Å². The highest BCUT2D eigenvalue weighted by molar-refractivity contribution is 5.84. The molecule has 0 bridgehead atoms. The minimum atomic E-state index is 0.679. The third-order valence-corrected chi connectivity index (χ3v) is 2.71. The van der Waals surface area contributed by atoms with Gasteiger partial charge < -0.3 is 10.5 Å². The van der Waals surface area contributed by atoms with Crippen LogP contribution in [0.4, 0.5) is 5.69 Å². The average molecular weight is 225 g/mol. The van der Waals surface area contributed by atoms with Gasteiger partial charge in [-0.1, -0.05) is 36.9 Å². The van der Waals surface area contributed by atoms with E-state index in [0.29, 0.717) is 5.69 Å². The second kappa shape index (κ2) is 4.74. The molecular formula is C15H15NO. The predicted molar refractivity (Wildman–Crippen MR) is 72.0 cm³/mol. The Kier molecular flexibility index (Phi) is 3.15. The summed E-state index contributed by atoms with van der Waals surface area (Å²) in [5.74, 6) is 0.757. The first-order valence-electron chi connectivity index (χ1n) is 5.40. The van der Waals surface area contributed by atoms with Gasteiger partial charge in [0.25, 0.3) is 0 Å². The first-order valence-corrected chi connectivity index (χ1v) is 5.40. The standard InChI is InChI=1S/C15H15NO/c1-11(12-6-4-3-5-7-12)14-9-8-13(17-2)10-15(14)16/h3-10H,1,16H2,2H3. The van der Waals surface area contributed by atoms with Gasteiger partial charge in [-0.25, -0.2) is 0 Å². The van der Waals surface area contributed by atoms with Gasteiger partial charge in [0.2, 0.25) is 0 Å². The van der Waals surface area contributed by atoms with E-state index in [4.69, 9.17) is 10.5 Å². The van der Waals surface area contributed by atoms with Crippen LogP contribution in [-0.2, 0) is 0 Å². The largest absolute Gasteiger partial charge is 0.497 e. The van der Waals surface area contributed by atoms with Gasteiger partial charge in [-0.3, -0.25) is 0 Å². The molecular weight excluding hydrogens is 210 g/mol. The second-order valence-corrected chi connectivity index (χ2v) is 3.80. The van der Waals surface area contributed by atoms with Gasteiger partial charge in [0.1, 0.15) is 5.75 Å². The summed E-state index contributed by atoms with van der Waals surface area (Å²) < 4.78 is 5.13. The molecule has 0 aliphatic carbocycles. The van der Waals surface area contributed by atoms with Gasteiger partial charge in [-0.05, 0) is 23.3 Å². The lowest BCUT2D eigenvalue weighted by atomic mass is 9.98. The van der Waals surface area contributed by atoms with Crippen LogP contribution in [0.3, 0.4) is 0 Å². The normalized spacial score (nSPS) is 9.94. The number of hydrogen-bond donors (Lipinski definition) is 1. The van der Waals surface area contributed by atoms with E-state index in [1.807, 2.05) is 48.5 Å². The van der Waals surface area contributed by atoms with E-state index >= 15 is 0 Å². The van der Waals surface area contributed by atoms with Crippen molar-refractivity contribution in [2.24, 2.45) is 0 Å². The number of nitrogen functional groups attached to an aromatic ring is 1. The Morgan fingerprint density at radius 1 is 1.12 bits per heavy atom. The molecule has 0 unspecified atom stereocenters. The number of rotatable bonds is 3. The molecule has 0 fully saturated rings. The molecule has 0 aromatic heterocycles. The molecule has 2 aromatic rings. The molecule has 0 radical (unpaired) electrons. The number of hydrogen-bond acceptors (Lipinski definition) is 2. The van der Waals surface area contributed by atoms with E-state index in [0.717, 1.165) is 22.4 Å². The number of ether oxygens (including phenoxy) is 1. The van der Waals surface area contributed by atoms with Crippen LogP contribution >= 0.6 is 0 Å². The molecule has 2 rings (SSSR count). The maximum Gasteiger partial charge on any atom is 0.120 e. The van der Waals surface area contributed by atoms with E-state index in [1.165, 1.54) is 0 Å². The van der Waals surface area contributed by atoms with Gasteiger partial charge in [0.05, 0.1) is 7.11 Å². The van der Waals surface area contributed by atoms with Crippen LogP contribution in [0.25, 0.3) is 5.57 Å². The summed E-state index contributed by atoms with van der Waals surface area (Å²) in [7, 11) is 1.63. The van der Waals surface area contributed by atoms with Gasteiger partial charge in [-0.2, -0.15) is 0 Å². The molecule has 0 heterocycles. The molecule has 0 saturated heterocycles. The van der Waals surface area contributed by atoms with Gasteiger partial charge >= 0.3 is 0 Å². The Morgan fingerprint density at radius 2 is 1.82 bits per heavy atom. The van der Waals surface area contributed by atoms with Gasteiger partial charge in [-0.15, -0.1) is 0 Å². The Hall–Kier alpha value is -2.22. The zero-order valence-corrected chi connectivity index (χ0v) is 9.81. The van der Waals surface area contributed by atoms with E-state index in [9.17, 15) is 0 Å². The number of nitrogens with two attached hydrogens (primary N) is 1. The lowest BCUT2D eigenvalue weighted by molar-refractivity contribution is 0.415. The monoisotopic (exact) mass is 225 g/mol. The van der Waals surface area contributed by atoms with Gasteiger partial charge in [0, 0.05) is 17.3 Å². The average Bonchev–Trinajstić information content (AvgIpc) is 2.39. The molecule has 2 aromatic carbocycles. The van der Waals surface area contributed by atoms with Crippen molar-refractivity contribution in [3.05, 3.63) is 66.2 Å². The third kappa shape index (κ3) is 2.31. The number of benzene rings is 2. The fourth-order valence-electron chi connectivity index (χ4n) is 1.74. The van der Waals surface area contributed by atoms with Crippen molar-refractivity contribution in [3.63, 3.8) is 0 Å². The summed E-state index contributed by atoms with van der Waals surface area (Å²) in [5, 5.41) is 0. The molecule has 2 nitrogen and oxygen atoms in total. The summed E-state index contributed by atoms with van der Waals surface area (Å²) in [5.41, 5.74) is 9.61. The smallest absolute Gasteiger partial charge is 0.120 e. The highest BCUT2D eigenvalue weighted by Crippen LogP contribution is 2.29. The van der Waals surface area contributed by atoms with E-state index in [-0.39, 0.29) is 0 Å². The maximum absolute atomic E-state index is 5.99. The summed E-state index contributed by atoms with van der Waals surface area (Å²) in [6.45, 7) is 4.09. The van der Waals surface area contributed by atoms with Crippen LogP contribution in [0.15, 0.2) is 55.1 Å². The zero-order valence-electron chi connectivity index (χ0n) is 9.81. The SMILES string of the molecule is C=C(c1ccccc1)c1ccc(OC)cc1N. The minimum absolute atomic E-state index is 0.679. The van der Waals surface area contributed by atoms with Crippen LogP contribution in [0.5, 0.6) is 5.75 Å². The van der Waals surface area contributed by atoms with Crippen molar-refractivity contribution in [1.29, 1.82) is 0 Å². The van der Waals surface area contributed by atoms with Crippen molar-refractivity contribution < 1.29 is 4.74 Å². The quantitative estimate of drug-likeness (QED) is 0.813. The lowest BCUT2D eigenvalue weighted by Crippen LogP contribution is -1.95. The molecule has 17 heavy (non-hydrogen) atoms. The maximum atomic E-state index is 5.99. The van der Waals surface area contributed by atoms with E-state index < -0.39 is 0 Å². The highest BCUT2D eigenvalue weighted by atomic mass is 16.5. The van der Waals surface area contributed by atoms with Crippen LogP contribution in [0.2, 0.25) is 0 Å². The highest BCUT2D eigenvalue weighted by Gasteiger charge is 2.06. The number of anilines is 1. The lowest BCUT2D eigenvalue weighted by Gasteiger charge is -2.10. The Bertz CT molecular complexity index is 532. The minimum Gasteiger partial charge on any atom is -0.497 e. The Labute approximate surface area is 101 Å². The van der Waals surface area contributed by atoms with Crippen molar-refractivity contribution in [3.8, 4) is 5.75 Å². The van der Waals surface area contributed by atoms with Crippen molar-refractivity contribution in [1.82, 2.24) is 0 Å². The van der Waals surface area contributed by atoms with Gasteiger partial charge in [0.15, 0.2) is 0 Å². The predicted octanol–water partition coefficient (Wildman–Crippen LogP) is 3.34. The van der Waals surface area contributed by atoms with E-state index in [2.05, 4.69) is 6.58 Å². The molecule has 2 N–H and O–H groups in total. The fourth-order valence-corrected chi connectivity index (χ4v) is 1.74. The summed E-state index contributed by atoms with van der Waals surface area (Å²) in [6, 6.07) is 15.6. The van der Waals surface area contributed by atoms with Crippen molar-refractivity contribution in [2.75, 3.05) is 12.8 Å². The molecule has 0 amide bonds. The van der Waals surface area contributed by atoms with Crippen LogP contribution in [0, 0.1) is 0 Å². The Morgan fingerprint density at radius 3 is 2.41 bits per heavy atom. The summed E-state index contributed by atoms with van der Waals surface area (Å²) in [4.78, 5) is 0. The first-order chi connectivity index (χ1) is 8.22. The summed E-state index contributed by atoms with van der Waals surface area (Å²) in [6.07, 6.45) is 0.